The Bertz CT molecular complexity index is 6950. The number of para-hydroxylation sites is 4. The Balaban J connectivity index is 0.804. The van der Waals surface area contributed by atoms with Crippen LogP contribution < -0.4 is 30.5 Å². The fourth-order valence-electron chi connectivity index (χ4n) is 19.7. The first-order valence-corrected chi connectivity index (χ1v) is 44.3. The molecule has 2 heterocycles. The van der Waals surface area contributed by atoms with E-state index in [1.54, 1.807) is 0 Å². The maximum Gasteiger partial charge on any atom is 0.159 e. The molecule has 0 bridgehead atoms. The Hall–Kier alpha value is -12.8. The smallest absolute Gasteiger partial charge is 0.159 e. The molecule has 17 aromatic carbocycles. The Morgan fingerprint density at radius 1 is 0.252 bits per heavy atom. The Labute approximate surface area is 649 Å². The van der Waals surface area contributed by atoms with Crippen LogP contribution in [0.1, 0.15) is 49.9 Å². The van der Waals surface area contributed by atoms with Crippen LogP contribution in [0, 0.1) is 0 Å². The van der Waals surface area contributed by atoms with Gasteiger partial charge in [-0.1, -0.05) is 361 Å². The first-order chi connectivity index (χ1) is 54.5. The van der Waals surface area contributed by atoms with E-state index >= 15 is 0 Å². The minimum atomic E-state index is -2.34. The molecule has 0 radical (unpaired) electrons. The van der Waals surface area contributed by atoms with Crippen LogP contribution in [0.15, 0.2) is 373 Å². The summed E-state index contributed by atoms with van der Waals surface area (Å²) in [5.74, 6) is 0. The van der Waals surface area contributed by atoms with E-state index in [0.717, 1.165) is 105 Å². The average Bonchev–Trinajstić information content (AvgIpc) is 1.50. The highest BCUT2D eigenvalue weighted by atomic mass is 28.3. The first kappa shape index (κ1) is 66.4. The van der Waals surface area contributed by atoms with Crippen molar-refractivity contribution < 1.29 is 8.83 Å². The monoisotopic (exact) mass is 1460 g/mol. The molecule has 530 valence electrons. The summed E-state index contributed by atoms with van der Waals surface area (Å²) < 4.78 is 15.5. The van der Waals surface area contributed by atoms with Crippen LogP contribution in [0.3, 0.4) is 0 Å². The van der Waals surface area contributed by atoms with Crippen molar-refractivity contribution in [2.75, 3.05) is 9.80 Å². The summed E-state index contributed by atoms with van der Waals surface area (Å²) in [6, 6.07) is 137. The molecule has 2 unspecified atom stereocenters. The second-order valence-electron chi connectivity index (χ2n) is 31.6. The maximum atomic E-state index is 7.76. The number of furan rings is 2. The van der Waals surface area contributed by atoms with Gasteiger partial charge < -0.3 is 18.6 Å². The second kappa shape index (κ2) is 25.6. The highest BCUT2D eigenvalue weighted by Crippen LogP contribution is 2.66. The zero-order valence-electron chi connectivity index (χ0n) is 63.0. The third-order valence-electron chi connectivity index (χ3n) is 25.6. The van der Waals surface area contributed by atoms with Gasteiger partial charge in [0, 0.05) is 55.1 Å². The second-order valence-corrected chi connectivity index (χ2v) is 40.9. The largest absolute Gasteiger partial charge is 0.453 e. The molecule has 19 aromatic rings. The van der Waals surface area contributed by atoms with Gasteiger partial charge in [0.2, 0.25) is 0 Å². The minimum Gasteiger partial charge on any atom is -0.453 e. The van der Waals surface area contributed by atoms with E-state index in [9.17, 15) is 0 Å². The molecular weight excluding hydrogens is 1380 g/mol. The van der Waals surface area contributed by atoms with Crippen LogP contribution in [-0.4, -0.2) is 16.1 Å². The predicted octanol–water partition coefficient (Wildman–Crippen LogP) is 26.8. The molecule has 21 rings (SSSR count). The third kappa shape index (κ3) is 9.83. The highest BCUT2D eigenvalue weighted by Gasteiger charge is 2.53. The number of nitrogens with zero attached hydrogens (tertiary/aromatic N) is 2. The van der Waals surface area contributed by atoms with E-state index < -0.39 is 21.6 Å². The van der Waals surface area contributed by atoms with E-state index in [4.69, 9.17) is 8.83 Å². The van der Waals surface area contributed by atoms with Crippen molar-refractivity contribution in [2.45, 2.75) is 57.3 Å². The number of hydrogen-bond acceptors (Lipinski definition) is 4. The van der Waals surface area contributed by atoms with Gasteiger partial charge in [-0.15, -0.1) is 0 Å². The molecule has 0 aliphatic heterocycles. The average molecular weight is 1460 g/mol. The molecule has 1 spiro atoms. The zero-order chi connectivity index (χ0) is 74.4. The molecule has 111 heavy (non-hydrogen) atoms. The van der Waals surface area contributed by atoms with Gasteiger partial charge in [0.05, 0.1) is 22.5 Å². The lowest BCUT2D eigenvalue weighted by Crippen LogP contribution is -2.58. The Morgan fingerprint density at radius 3 is 1.14 bits per heavy atom. The van der Waals surface area contributed by atoms with Crippen LogP contribution >= 0.6 is 0 Å². The van der Waals surface area contributed by atoms with Gasteiger partial charge >= 0.3 is 0 Å². The summed E-state index contributed by atoms with van der Waals surface area (Å²) in [4.78, 5) is 5.00. The first-order valence-electron chi connectivity index (χ1n) is 39.2. The molecule has 0 saturated heterocycles. The summed E-state index contributed by atoms with van der Waals surface area (Å²) >= 11 is 0. The summed E-state index contributed by atoms with van der Waals surface area (Å²) in [6.07, 6.45) is 0. The van der Waals surface area contributed by atoms with Crippen LogP contribution in [0.5, 0.6) is 0 Å². The Morgan fingerprint density at radius 2 is 0.631 bits per heavy atom. The summed E-state index contributed by atoms with van der Waals surface area (Å²) in [6.45, 7) is 14.7. The van der Waals surface area contributed by atoms with Gasteiger partial charge in [0.1, 0.15) is 27.3 Å². The minimum absolute atomic E-state index is 0.424. The van der Waals surface area contributed by atoms with Gasteiger partial charge in [-0.3, -0.25) is 0 Å². The molecule has 0 N–H and O–H groups in total. The van der Waals surface area contributed by atoms with E-state index in [1.807, 2.05) is 0 Å². The number of fused-ring (bicyclic) bond motifs is 20. The SMILES string of the molecule is CC(C)[Si](C)(c1ccccc1)c1ccccc1-c1cccc2c1oc1c(N(c3ccc4c(c3)C3(c5ccccc5-c5ccccc53)c3cc(N(c5ccc6ccccc6c5)c5cccc6c5oc5c(-c7ccccc7[Si](C)(c7ccccc7)C(C)C)cccc56)c5ccccc5c3-4)c3ccc4ccccc4c3)cccc12. The van der Waals surface area contributed by atoms with Crippen LogP contribution in [0.25, 0.3) is 121 Å². The fraction of sp³-hybridized carbons (Fsp3) is 0.0857. The van der Waals surface area contributed by atoms with E-state index in [0.29, 0.717) is 11.1 Å². The molecule has 2 atom stereocenters. The number of anilines is 6. The van der Waals surface area contributed by atoms with Gasteiger partial charge in [-0.25, -0.2) is 0 Å². The molecular formula is C105H80N2O2Si2. The molecule has 0 fully saturated rings. The van der Waals surface area contributed by atoms with E-state index in [2.05, 4.69) is 415 Å². The van der Waals surface area contributed by atoms with Gasteiger partial charge in [0.25, 0.3) is 0 Å². The normalized spacial score (nSPS) is 13.9. The highest BCUT2D eigenvalue weighted by molar-refractivity contribution is 7.03. The quantitative estimate of drug-likeness (QED) is 0.102. The van der Waals surface area contributed by atoms with Crippen molar-refractivity contribution >= 4 is 147 Å². The zero-order valence-corrected chi connectivity index (χ0v) is 65.0. The molecule has 0 saturated carbocycles. The van der Waals surface area contributed by atoms with Crippen molar-refractivity contribution in [3.63, 3.8) is 0 Å². The Kier molecular flexibility index (Phi) is 15.3. The molecule has 2 aromatic heterocycles. The number of hydrogen-bond donors (Lipinski definition) is 0. The molecule has 2 aliphatic carbocycles. The van der Waals surface area contributed by atoms with Crippen molar-refractivity contribution in [1.82, 2.24) is 0 Å². The van der Waals surface area contributed by atoms with E-state index in [1.165, 1.54) is 92.5 Å². The molecule has 4 nitrogen and oxygen atoms in total. The third-order valence-corrected chi connectivity index (χ3v) is 36.4. The van der Waals surface area contributed by atoms with Crippen molar-refractivity contribution in [3.8, 4) is 44.5 Å². The van der Waals surface area contributed by atoms with Crippen molar-refractivity contribution in [3.05, 3.63) is 386 Å². The number of benzene rings is 17. The van der Waals surface area contributed by atoms with Crippen molar-refractivity contribution in [2.24, 2.45) is 0 Å². The summed E-state index contributed by atoms with van der Waals surface area (Å²) in [7, 11) is -4.67. The predicted molar refractivity (Wildman–Crippen MR) is 475 cm³/mol. The number of rotatable bonds is 14. The lowest BCUT2D eigenvalue weighted by atomic mass is 9.70. The van der Waals surface area contributed by atoms with Gasteiger partial charge in [0.15, 0.2) is 11.2 Å². The van der Waals surface area contributed by atoms with Gasteiger partial charge in [-0.2, -0.15) is 0 Å². The van der Waals surface area contributed by atoms with Gasteiger partial charge in [-0.05, 0) is 159 Å². The standard InChI is InChI=1S/C105H80N2O2Si2/c1-67(2)110(5,76-35-9-7-10-36-76)98-55-25-21-42-81(98)84-45-27-47-86-88-49-29-53-95(103(88)108-101(84)86)106(73-59-57-69-31-13-15-33-71(69)63-73)75-61-62-90-93(65-75)105(91-51-23-19-39-78(91)79-40-20-24-52-92(79)105)94-66-97(80-41-17-18-44-83(80)100(90)94)107(74-60-58-70-32-14-16-34-72(70)64-74)96-54-30-50-89-87-48-28-46-85(102(87)109-104(89)96)82-43-22-26-56-99(82)111(6,68(3)4)77-37-11-8-12-38-77/h7-68H,1-6H3. The maximum absolute atomic E-state index is 7.76. The fourth-order valence-corrected chi connectivity index (χ4v) is 27.1. The topological polar surface area (TPSA) is 32.8 Å². The molecule has 2 aliphatic rings. The summed E-state index contributed by atoms with van der Waals surface area (Å²) in [5, 5.41) is 16.9. The van der Waals surface area contributed by atoms with Crippen LogP contribution in [-0.2, 0) is 5.41 Å². The van der Waals surface area contributed by atoms with E-state index in [-0.39, 0.29) is 0 Å². The molecule has 6 heteroatoms. The lowest BCUT2D eigenvalue weighted by molar-refractivity contribution is 0.670. The lowest BCUT2D eigenvalue weighted by Gasteiger charge is -2.34. The summed E-state index contributed by atoms with van der Waals surface area (Å²) in [5.41, 5.74) is 24.1. The van der Waals surface area contributed by atoms with Crippen LogP contribution in [0.4, 0.5) is 34.1 Å². The molecule has 0 amide bonds. The van der Waals surface area contributed by atoms with Crippen molar-refractivity contribution in [1.29, 1.82) is 0 Å². The van der Waals surface area contributed by atoms with Crippen LogP contribution in [0.2, 0.25) is 24.2 Å².